The van der Waals surface area contributed by atoms with Crippen molar-refractivity contribution < 1.29 is 23.6 Å². The summed E-state index contributed by atoms with van der Waals surface area (Å²) < 4.78 is 12.9. The van der Waals surface area contributed by atoms with Gasteiger partial charge in [-0.2, -0.15) is 0 Å². The first-order valence-corrected chi connectivity index (χ1v) is 8.66. The van der Waals surface area contributed by atoms with Crippen LogP contribution in [0.1, 0.15) is 12.8 Å². The molecule has 1 aromatic carbocycles. The van der Waals surface area contributed by atoms with Gasteiger partial charge in [0.25, 0.3) is 0 Å². The Morgan fingerprint density at radius 1 is 1.11 bits per heavy atom. The van der Waals surface area contributed by atoms with Crippen LogP contribution in [0, 0.1) is 17.7 Å². The van der Waals surface area contributed by atoms with Gasteiger partial charge in [0, 0.05) is 12.7 Å². The van der Waals surface area contributed by atoms with Crippen LogP contribution >= 0.6 is 0 Å². The molecule has 7 nitrogen and oxygen atoms in total. The smallest absolute Gasteiger partial charge is 0.243 e. The van der Waals surface area contributed by atoms with Crippen LogP contribution in [0.25, 0.3) is 0 Å². The standard InChI is InChI=1S/C19H20FN3O4/c1-22(10-16(24)21-13-8-6-12(20)7-9-13)17(25)11-23-18(26)14-4-2-3-5-15(14)19(23)27/h2-3,6-9,14-15H,4-5,10-11H2,1H3,(H,21,24). The molecule has 8 heteroatoms. The van der Waals surface area contributed by atoms with Crippen molar-refractivity contribution in [1.29, 1.82) is 0 Å². The molecule has 3 rings (SSSR count). The highest BCUT2D eigenvalue weighted by Crippen LogP contribution is 2.34. The van der Waals surface area contributed by atoms with Gasteiger partial charge in [-0.05, 0) is 37.1 Å². The second-order valence-electron chi connectivity index (χ2n) is 6.72. The number of nitrogens with zero attached hydrogens (tertiary/aromatic N) is 2. The summed E-state index contributed by atoms with van der Waals surface area (Å²) in [6, 6.07) is 5.24. The number of likely N-dealkylation sites (N-methyl/N-ethyl adjacent to an activating group) is 1. The fourth-order valence-corrected chi connectivity index (χ4v) is 3.32. The summed E-state index contributed by atoms with van der Waals surface area (Å²) in [5.74, 6) is -2.81. The molecule has 27 heavy (non-hydrogen) atoms. The number of imide groups is 1. The van der Waals surface area contributed by atoms with E-state index in [4.69, 9.17) is 0 Å². The first-order chi connectivity index (χ1) is 12.9. The Morgan fingerprint density at radius 2 is 1.67 bits per heavy atom. The summed E-state index contributed by atoms with van der Waals surface area (Å²) in [6.07, 6.45) is 4.78. The maximum Gasteiger partial charge on any atom is 0.243 e. The summed E-state index contributed by atoms with van der Waals surface area (Å²) >= 11 is 0. The lowest BCUT2D eigenvalue weighted by molar-refractivity contribution is -0.146. The van der Waals surface area contributed by atoms with Crippen LogP contribution in [0.4, 0.5) is 10.1 Å². The Hall–Kier alpha value is -3.03. The summed E-state index contributed by atoms with van der Waals surface area (Å²) in [6.45, 7) is -0.619. The monoisotopic (exact) mass is 373 g/mol. The number of amides is 4. The van der Waals surface area contributed by atoms with Crippen LogP contribution in [0.5, 0.6) is 0 Å². The second kappa shape index (κ2) is 7.69. The van der Waals surface area contributed by atoms with Crippen molar-refractivity contribution in [1.82, 2.24) is 9.80 Å². The zero-order valence-electron chi connectivity index (χ0n) is 14.9. The predicted octanol–water partition coefficient (Wildman–Crippen LogP) is 1.17. The van der Waals surface area contributed by atoms with Gasteiger partial charge < -0.3 is 10.2 Å². The van der Waals surface area contributed by atoms with Gasteiger partial charge in [-0.15, -0.1) is 0 Å². The van der Waals surface area contributed by atoms with Crippen LogP contribution in [0.15, 0.2) is 36.4 Å². The van der Waals surface area contributed by atoms with Crippen molar-refractivity contribution in [2.75, 3.05) is 25.5 Å². The van der Waals surface area contributed by atoms with E-state index in [1.165, 1.54) is 31.3 Å². The van der Waals surface area contributed by atoms with Crippen LogP contribution in [-0.2, 0) is 19.2 Å². The quantitative estimate of drug-likeness (QED) is 0.620. The predicted molar refractivity (Wildman–Crippen MR) is 94.7 cm³/mol. The summed E-state index contributed by atoms with van der Waals surface area (Å²) in [4.78, 5) is 51.3. The molecule has 0 saturated carbocycles. The van der Waals surface area contributed by atoms with Crippen LogP contribution in [0.2, 0.25) is 0 Å². The summed E-state index contributed by atoms with van der Waals surface area (Å²) in [7, 11) is 1.42. The molecule has 1 aromatic rings. The number of carbonyl (C=O) groups is 4. The third-order valence-electron chi connectivity index (χ3n) is 4.83. The normalized spacial score (nSPS) is 21.2. The minimum absolute atomic E-state index is 0.249. The van der Waals surface area contributed by atoms with E-state index < -0.39 is 17.6 Å². The van der Waals surface area contributed by atoms with Gasteiger partial charge in [-0.1, -0.05) is 12.2 Å². The molecule has 2 atom stereocenters. The number of anilines is 1. The second-order valence-corrected chi connectivity index (χ2v) is 6.72. The SMILES string of the molecule is CN(CC(=O)Nc1ccc(F)cc1)C(=O)CN1C(=O)C2CC=CCC2C1=O. The first-order valence-electron chi connectivity index (χ1n) is 8.66. The minimum Gasteiger partial charge on any atom is -0.335 e. The van der Waals surface area contributed by atoms with Crippen molar-refractivity contribution in [3.8, 4) is 0 Å². The fraction of sp³-hybridized carbons (Fsp3) is 0.368. The van der Waals surface area contributed by atoms with Gasteiger partial charge in [0.05, 0.1) is 18.4 Å². The maximum absolute atomic E-state index is 12.9. The van der Waals surface area contributed by atoms with Gasteiger partial charge in [-0.25, -0.2) is 4.39 Å². The molecule has 1 fully saturated rings. The molecule has 4 amide bonds. The lowest BCUT2D eigenvalue weighted by atomic mass is 9.85. The van der Waals surface area contributed by atoms with Gasteiger partial charge in [0.15, 0.2) is 0 Å². The number of allylic oxidation sites excluding steroid dienone is 2. The van der Waals surface area contributed by atoms with Gasteiger partial charge in [-0.3, -0.25) is 24.1 Å². The number of halogens is 1. The average molecular weight is 373 g/mol. The first kappa shape index (κ1) is 18.8. The highest BCUT2D eigenvalue weighted by atomic mass is 19.1. The van der Waals surface area contributed by atoms with Crippen LogP contribution in [-0.4, -0.2) is 53.6 Å². The third kappa shape index (κ3) is 4.05. The van der Waals surface area contributed by atoms with Crippen molar-refractivity contribution in [2.45, 2.75) is 12.8 Å². The number of carbonyl (C=O) groups excluding carboxylic acids is 4. The van der Waals surface area contributed by atoms with E-state index in [-0.39, 0.29) is 36.7 Å². The molecule has 2 aliphatic rings. The molecule has 0 bridgehead atoms. The van der Waals surface area contributed by atoms with E-state index in [0.29, 0.717) is 18.5 Å². The molecule has 1 saturated heterocycles. The Bertz CT molecular complexity index is 780. The summed E-state index contributed by atoms with van der Waals surface area (Å²) in [5, 5.41) is 2.55. The molecule has 1 heterocycles. The molecule has 0 aromatic heterocycles. The molecule has 0 radical (unpaired) electrons. The average Bonchev–Trinajstić information content (AvgIpc) is 2.89. The van der Waals surface area contributed by atoms with E-state index in [9.17, 15) is 23.6 Å². The van der Waals surface area contributed by atoms with Crippen LogP contribution in [0.3, 0.4) is 0 Å². The summed E-state index contributed by atoms with van der Waals surface area (Å²) in [5.41, 5.74) is 0.406. The van der Waals surface area contributed by atoms with Crippen LogP contribution < -0.4 is 5.32 Å². The number of nitrogens with one attached hydrogen (secondary N) is 1. The van der Waals surface area contributed by atoms with E-state index in [2.05, 4.69) is 5.32 Å². The van der Waals surface area contributed by atoms with Gasteiger partial charge in [0.1, 0.15) is 12.4 Å². The topological polar surface area (TPSA) is 86.8 Å². The number of hydrogen-bond acceptors (Lipinski definition) is 4. The zero-order valence-corrected chi connectivity index (χ0v) is 14.9. The lowest BCUT2D eigenvalue weighted by Crippen LogP contribution is -2.44. The minimum atomic E-state index is -0.502. The Morgan fingerprint density at radius 3 is 2.22 bits per heavy atom. The Kier molecular flexibility index (Phi) is 5.34. The number of likely N-dealkylation sites (tertiary alicyclic amines) is 1. The van der Waals surface area contributed by atoms with Crippen molar-refractivity contribution in [2.24, 2.45) is 11.8 Å². The zero-order chi connectivity index (χ0) is 19.6. The Balaban J connectivity index is 1.54. The van der Waals surface area contributed by atoms with E-state index >= 15 is 0 Å². The van der Waals surface area contributed by atoms with E-state index in [0.717, 1.165) is 9.80 Å². The lowest BCUT2D eigenvalue weighted by Gasteiger charge is -2.20. The Labute approximate surface area is 155 Å². The molecule has 142 valence electrons. The highest BCUT2D eigenvalue weighted by molar-refractivity contribution is 6.07. The van der Waals surface area contributed by atoms with Crippen molar-refractivity contribution in [3.63, 3.8) is 0 Å². The molecule has 0 spiro atoms. The maximum atomic E-state index is 12.9. The molecular weight excluding hydrogens is 353 g/mol. The molecule has 1 aliphatic heterocycles. The highest BCUT2D eigenvalue weighted by Gasteiger charge is 2.47. The largest absolute Gasteiger partial charge is 0.335 e. The molecule has 1 aliphatic carbocycles. The van der Waals surface area contributed by atoms with E-state index in [1.807, 2.05) is 12.2 Å². The molecule has 1 N–H and O–H groups in total. The number of fused-ring (bicyclic) bond motifs is 1. The van der Waals surface area contributed by atoms with Crippen molar-refractivity contribution in [3.05, 3.63) is 42.2 Å². The molecule has 2 unspecified atom stereocenters. The number of benzene rings is 1. The fourth-order valence-electron chi connectivity index (χ4n) is 3.32. The number of hydrogen-bond donors (Lipinski definition) is 1. The van der Waals surface area contributed by atoms with Gasteiger partial charge >= 0.3 is 0 Å². The number of rotatable bonds is 5. The van der Waals surface area contributed by atoms with E-state index in [1.54, 1.807) is 0 Å². The third-order valence-corrected chi connectivity index (χ3v) is 4.83. The van der Waals surface area contributed by atoms with Crippen molar-refractivity contribution >= 4 is 29.3 Å². The van der Waals surface area contributed by atoms with Gasteiger partial charge in [0.2, 0.25) is 23.6 Å². The molecular formula is C19H20FN3O4.